The molecule has 2 N–H and O–H groups in total. The third kappa shape index (κ3) is 3.63. The van der Waals surface area contributed by atoms with E-state index in [4.69, 9.17) is 10.5 Å². The van der Waals surface area contributed by atoms with Crippen LogP contribution in [0.1, 0.15) is 22.0 Å². The maximum absolute atomic E-state index is 13.5. The number of hydrogen-bond acceptors (Lipinski definition) is 6. The summed E-state index contributed by atoms with van der Waals surface area (Å²) in [5.74, 6) is 0.666. The Hall–Kier alpha value is -4.61. The van der Waals surface area contributed by atoms with Gasteiger partial charge in [0, 0.05) is 42.4 Å². The molecule has 0 saturated heterocycles. The number of alkyl halides is 3. The number of carbonyl (C=O) groups is 1. The number of pyridine rings is 1. The molecule has 0 fully saturated rings. The van der Waals surface area contributed by atoms with Crippen molar-refractivity contribution in [2.45, 2.75) is 12.3 Å². The average molecular weight is 507 g/mol. The fraction of sp³-hybridized carbons (Fsp3) is 0.200. The summed E-state index contributed by atoms with van der Waals surface area (Å²) in [5, 5.41) is 9.13. The van der Waals surface area contributed by atoms with E-state index < -0.39 is 6.30 Å². The van der Waals surface area contributed by atoms with Crippen molar-refractivity contribution in [3.8, 4) is 16.9 Å². The van der Waals surface area contributed by atoms with E-state index in [1.807, 2.05) is 0 Å². The second kappa shape index (κ2) is 7.95. The minimum Gasteiger partial charge on any atom is -0.491 e. The van der Waals surface area contributed by atoms with Crippen molar-refractivity contribution < 1.29 is 22.7 Å². The highest BCUT2D eigenvalue weighted by Crippen LogP contribution is 2.39. The van der Waals surface area contributed by atoms with Crippen LogP contribution in [0.3, 0.4) is 0 Å². The van der Waals surface area contributed by atoms with E-state index in [1.54, 1.807) is 66.3 Å². The predicted molar refractivity (Wildman–Crippen MR) is 130 cm³/mol. The van der Waals surface area contributed by atoms with Crippen LogP contribution in [0.5, 0.6) is 5.75 Å². The zero-order valence-electron chi connectivity index (χ0n) is 19.7. The highest BCUT2D eigenvalue weighted by Gasteiger charge is 2.33. The Labute approximate surface area is 207 Å². The topological polar surface area (TPSA) is 104 Å². The number of rotatable bonds is 3. The molecule has 1 atom stereocenters. The lowest BCUT2D eigenvalue weighted by Crippen LogP contribution is -2.32. The van der Waals surface area contributed by atoms with Crippen molar-refractivity contribution >= 4 is 33.5 Å². The molecule has 1 aliphatic heterocycles. The summed E-state index contributed by atoms with van der Waals surface area (Å²) in [7, 11) is 3.49. The maximum atomic E-state index is 13.5. The van der Waals surface area contributed by atoms with Gasteiger partial charge in [-0.3, -0.25) is 9.48 Å². The first-order valence-electron chi connectivity index (χ1n) is 11.3. The van der Waals surface area contributed by atoms with Crippen molar-refractivity contribution in [2.75, 3.05) is 19.4 Å². The van der Waals surface area contributed by atoms with Gasteiger partial charge in [0.2, 0.25) is 0 Å². The van der Waals surface area contributed by atoms with Crippen molar-refractivity contribution in [3.63, 3.8) is 0 Å². The van der Waals surface area contributed by atoms with Gasteiger partial charge in [-0.25, -0.2) is 4.98 Å². The molecule has 12 heteroatoms. The smallest absolute Gasteiger partial charge is 0.491 e. The summed E-state index contributed by atoms with van der Waals surface area (Å²) in [6, 6.07) is 10.00. The lowest BCUT2D eigenvalue weighted by molar-refractivity contribution is -0.212. The molecule has 0 spiro atoms. The number of ether oxygens (including phenoxy) is 1. The first kappa shape index (κ1) is 22.8. The van der Waals surface area contributed by atoms with E-state index in [-0.39, 0.29) is 23.2 Å². The molecule has 0 radical (unpaired) electrons. The molecular formula is C25H20F3N7O2. The number of nitrogens with zero attached hydrogens (tertiary/aromatic N) is 6. The Kier molecular flexibility index (Phi) is 4.90. The number of benzene rings is 2. The van der Waals surface area contributed by atoms with E-state index in [1.165, 1.54) is 0 Å². The van der Waals surface area contributed by atoms with E-state index >= 15 is 0 Å². The molecule has 188 valence electrons. The Morgan fingerprint density at radius 1 is 1.11 bits per heavy atom. The highest BCUT2D eigenvalue weighted by molar-refractivity contribution is 6.10. The van der Waals surface area contributed by atoms with Crippen molar-refractivity contribution in [3.05, 3.63) is 66.1 Å². The van der Waals surface area contributed by atoms with Crippen molar-refractivity contribution in [1.82, 2.24) is 29.4 Å². The van der Waals surface area contributed by atoms with Gasteiger partial charge in [-0.15, -0.1) is 13.2 Å². The molecule has 1 aliphatic rings. The highest BCUT2D eigenvalue weighted by atomic mass is 19.4. The van der Waals surface area contributed by atoms with Crippen LogP contribution in [0.4, 0.5) is 19.0 Å². The molecule has 4 heterocycles. The minimum atomic E-state index is -4.59. The van der Waals surface area contributed by atoms with Gasteiger partial charge in [0.1, 0.15) is 18.2 Å². The van der Waals surface area contributed by atoms with E-state index in [9.17, 15) is 18.0 Å². The van der Waals surface area contributed by atoms with Crippen LogP contribution < -0.4 is 10.5 Å². The summed E-state index contributed by atoms with van der Waals surface area (Å²) in [6.07, 6.45) is -0.871. The van der Waals surface area contributed by atoms with Crippen molar-refractivity contribution in [1.29, 1.82) is 0 Å². The molecule has 37 heavy (non-hydrogen) atoms. The monoisotopic (exact) mass is 507 g/mol. The van der Waals surface area contributed by atoms with Gasteiger partial charge in [0.05, 0.1) is 34.9 Å². The lowest BCUT2D eigenvalue weighted by atomic mass is 10.0. The number of halogens is 3. The van der Waals surface area contributed by atoms with Crippen LogP contribution in [0.15, 0.2) is 55.0 Å². The van der Waals surface area contributed by atoms with Crippen LogP contribution in [0.25, 0.3) is 32.9 Å². The zero-order valence-corrected chi connectivity index (χ0v) is 19.7. The molecule has 0 aliphatic carbocycles. The number of fused-ring (bicyclic) bond motifs is 4. The van der Waals surface area contributed by atoms with E-state index in [0.717, 1.165) is 28.9 Å². The number of aryl methyl sites for hydroxylation is 1. The van der Waals surface area contributed by atoms with Gasteiger partial charge < -0.3 is 15.4 Å². The molecule has 0 saturated carbocycles. The van der Waals surface area contributed by atoms with Crippen molar-refractivity contribution in [2.24, 2.45) is 7.05 Å². The molecule has 0 unspecified atom stereocenters. The maximum Gasteiger partial charge on any atom is 0.504 e. The Morgan fingerprint density at radius 2 is 1.92 bits per heavy atom. The number of likely N-dealkylation sites (N-methyl/N-ethyl adjacent to an activating group) is 1. The normalized spacial score (nSPS) is 15.2. The number of nitrogens with two attached hydrogens (primary N) is 1. The predicted octanol–water partition coefficient (Wildman–Crippen LogP) is 4.25. The van der Waals surface area contributed by atoms with Crippen LogP contribution in [-0.2, 0) is 13.3 Å². The quantitative estimate of drug-likeness (QED) is 0.392. The molecule has 9 nitrogen and oxygen atoms in total. The number of aromatic nitrogens is 5. The number of nitrogen functional groups attached to an aromatic ring is 1. The fourth-order valence-electron chi connectivity index (χ4n) is 4.74. The SMILES string of the molecule is CN(C(=O)c1ccc2nc(N)c3cnn(C)c3c2c1)[C@@H]1COc2cc(-c3cnn(C(F)(F)F)c3)ccc21. The molecule has 1 amide bonds. The Balaban J connectivity index is 1.30. The van der Waals surface area contributed by atoms with Gasteiger partial charge in [0.25, 0.3) is 5.91 Å². The molecule has 5 aromatic rings. The van der Waals surface area contributed by atoms with Gasteiger partial charge >= 0.3 is 6.30 Å². The summed E-state index contributed by atoms with van der Waals surface area (Å²) >= 11 is 0. The van der Waals surface area contributed by atoms with Crippen LogP contribution >= 0.6 is 0 Å². The van der Waals surface area contributed by atoms with Gasteiger partial charge in [-0.1, -0.05) is 12.1 Å². The number of hydrogen-bond donors (Lipinski definition) is 1. The van der Waals surface area contributed by atoms with Gasteiger partial charge in [-0.2, -0.15) is 14.9 Å². The van der Waals surface area contributed by atoms with Gasteiger partial charge in [-0.05, 0) is 29.8 Å². The second-order valence-electron chi connectivity index (χ2n) is 8.90. The third-order valence-corrected chi connectivity index (χ3v) is 6.69. The Morgan fingerprint density at radius 3 is 2.68 bits per heavy atom. The zero-order chi connectivity index (χ0) is 26.1. The fourth-order valence-corrected chi connectivity index (χ4v) is 4.74. The second-order valence-corrected chi connectivity index (χ2v) is 8.90. The van der Waals surface area contributed by atoms with E-state index in [0.29, 0.717) is 39.2 Å². The van der Waals surface area contributed by atoms with Crippen LogP contribution in [0, 0.1) is 0 Å². The molecule has 6 rings (SSSR count). The first-order chi connectivity index (χ1) is 17.6. The summed E-state index contributed by atoms with van der Waals surface area (Å²) in [6.45, 7) is 0.223. The Bertz CT molecular complexity index is 1710. The van der Waals surface area contributed by atoms with Crippen LogP contribution in [-0.4, -0.2) is 49.0 Å². The summed E-state index contributed by atoms with van der Waals surface area (Å²) in [5.41, 5.74) is 9.59. The largest absolute Gasteiger partial charge is 0.504 e. The van der Waals surface area contributed by atoms with E-state index in [2.05, 4.69) is 15.2 Å². The van der Waals surface area contributed by atoms with Crippen LogP contribution in [0.2, 0.25) is 0 Å². The standard InChI is InChI=1S/C25H20F3N7O2/c1-33(24(36)14-4-6-19-17(7-14)22-18(23(29)32-19)10-30-34(22)2)20-12-37-21-8-13(3-5-16(20)21)15-9-31-35(11-15)25(26,27)28/h3-11,20H,12H2,1-2H3,(H2,29,32)/t20-/m1/s1. The average Bonchev–Trinajstić information content (AvgIpc) is 3.61. The van der Waals surface area contributed by atoms with Gasteiger partial charge in [0.15, 0.2) is 0 Å². The minimum absolute atomic E-state index is 0.0433. The lowest BCUT2D eigenvalue weighted by Gasteiger charge is -2.24. The third-order valence-electron chi connectivity index (χ3n) is 6.69. The molecular weight excluding hydrogens is 487 g/mol. The number of amides is 1. The first-order valence-corrected chi connectivity index (χ1v) is 11.3. The molecule has 2 aromatic carbocycles. The molecule has 3 aromatic heterocycles. The molecule has 0 bridgehead atoms. The number of anilines is 1. The summed E-state index contributed by atoms with van der Waals surface area (Å²) in [4.78, 5) is 19.5. The number of carbonyl (C=O) groups excluding carboxylic acids is 1. The summed E-state index contributed by atoms with van der Waals surface area (Å²) < 4.78 is 46.2.